The molecule has 104 valence electrons. The molecule has 1 atom stereocenters. The predicted octanol–water partition coefficient (Wildman–Crippen LogP) is 2.61. The van der Waals surface area contributed by atoms with Crippen molar-refractivity contribution < 1.29 is 9.90 Å². The van der Waals surface area contributed by atoms with Gasteiger partial charge in [0.05, 0.1) is 5.25 Å². The van der Waals surface area contributed by atoms with Crippen LogP contribution < -0.4 is 5.32 Å². The van der Waals surface area contributed by atoms with Crippen molar-refractivity contribution in [3.8, 4) is 5.75 Å². The molecule has 0 spiro atoms. The summed E-state index contributed by atoms with van der Waals surface area (Å²) in [6.07, 6.45) is 1.49. The van der Waals surface area contributed by atoms with Crippen molar-refractivity contribution in [2.45, 2.75) is 24.1 Å². The Bertz CT molecular complexity index is 602. The molecule has 1 heterocycles. The largest absolute Gasteiger partial charge is 0.508 e. The van der Waals surface area contributed by atoms with E-state index in [1.807, 2.05) is 19.9 Å². The monoisotopic (exact) mass is 289 g/mol. The van der Waals surface area contributed by atoms with Crippen LogP contribution in [0.25, 0.3) is 0 Å². The molecule has 1 aromatic heterocycles. The van der Waals surface area contributed by atoms with Gasteiger partial charge in [0.15, 0.2) is 0 Å². The Labute approximate surface area is 121 Å². The minimum atomic E-state index is -0.280. The van der Waals surface area contributed by atoms with Gasteiger partial charge in [-0.05, 0) is 44.2 Å². The number of hydrogen-bond acceptors (Lipinski definition) is 5. The van der Waals surface area contributed by atoms with Crippen molar-refractivity contribution in [1.29, 1.82) is 0 Å². The van der Waals surface area contributed by atoms with Crippen LogP contribution in [-0.2, 0) is 4.79 Å². The van der Waals surface area contributed by atoms with Crippen LogP contribution in [0.1, 0.15) is 12.6 Å². The third-order valence-electron chi connectivity index (χ3n) is 2.58. The van der Waals surface area contributed by atoms with Gasteiger partial charge >= 0.3 is 0 Å². The second-order valence-corrected chi connectivity index (χ2v) is 5.65. The maximum atomic E-state index is 12.0. The van der Waals surface area contributed by atoms with E-state index in [4.69, 9.17) is 0 Å². The minimum Gasteiger partial charge on any atom is -0.508 e. The Hall–Kier alpha value is -2.08. The molecule has 0 aliphatic rings. The molecular formula is C14H15N3O2S. The quantitative estimate of drug-likeness (QED) is 0.514. The van der Waals surface area contributed by atoms with E-state index in [9.17, 15) is 9.90 Å². The summed E-state index contributed by atoms with van der Waals surface area (Å²) >= 11 is 1.38. The topological polar surface area (TPSA) is 75.1 Å². The lowest BCUT2D eigenvalue weighted by atomic mass is 10.3. The third kappa shape index (κ3) is 3.96. The average molecular weight is 289 g/mol. The maximum absolute atomic E-state index is 12.0. The van der Waals surface area contributed by atoms with Crippen molar-refractivity contribution in [3.05, 3.63) is 42.4 Å². The summed E-state index contributed by atoms with van der Waals surface area (Å²) in [6, 6.07) is 8.20. The molecule has 0 unspecified atom stereocenters. The van der Waals surface area contributed by atoms with Crippen molar-refractivity contribution in [3.63, 3.8) is 0 Å². The van der Waals surface area contributed by atoms with Crippen LogP contribution in [0.3, 0.4) is 0 Å². The number of anilines is 1. The second kappa shape index (κ2) is 6.38. The van der Waals surface area contributed by atoms with Gasteiger partial charge < -0.3 is 10.4 Å². The molecule has 0 saturated carbocycles. The number of nitrogens with one attached hydrogen (secondary N) is 1. The van der Waals surface area contributed by atoms with Gasteiger partial charge in [-0.15, -0.1) is 0 Å². The summed E-state index contributed by atoms with van der Waals surface area (Å²) in [5.41, 5.74) is 1.52. The van der Waals surface area contributed by atoms with E-state index in [1.165, 1.54) is 30.2 Å². The summed E-state index contributed by atoms with van der Waals surface area (Å²) in [5, 5.41) is 12.5. The molecule has 6 heteroatoms. The number of thioether (sulfide) groups is 1. The van der Waals surface area contributed by atoms with Crippen LogP contribution in [-0.4, -0.2) is 26.2 Å². The molecule has 0 saturated heterocycles. The van der Waals surface area contributed by atoms with Gasteiger partial charge in [0.1, 0.15) is 17.1 Å². The normalized spacial score (nSPS) is 11.9. The Morgan fingerprint density at radius 1 is 1.30 bits per heavy atom. The number of amides is 1. The van der Waals surface area contributed by atoms with Crippen molar-refractivity contribution in [2.75, 3.05) is 5.32 Å². The average Bonchev–Trinajstić information content (AvgIpc) is 2.41. The Morgan fingerprint density at radius 2 is 2.00 bits per heavy atom. The van der Waals surface area contributed by atoms with Gasteiger partial charge in [0, 0.05) is 11.4 Å². The molecule has 0 radical (unpaired) electrons. The number of aromatic nitrogens is 2. The zero-order valence-electron chi connectivity index (χ0n) is 11.2. The highest BCUT2D eigenvalue weighted by atomic mass is 32.2. The number of phenolic OH excluding ortho intramolecular Hbond substituents is 1. The molecule has 0 bridgehead atoms. The standard InChI is InChI=1S/C14H15N3O2S/c1-9-7-13(16-8-15-9)20-10(2)14(19)17-11-3-5-12(18)6-4-11/h3-8,10,18H,1-2H3,(H,17,19)/t10-/m0/s1. The van der Waals surface area contributed by atoms with Crippen molar-refractivity contribution >= 4 is 23.4 Å². The number of carbonyl (C=O) groups excluding carboxylic acids is 1. The van der Waals surface area contributed by atoms with Crippen LogP contribution in [0.4, 0.5) is 5.69 Å². The third-order valence-corrected chi connectivity index (χ3v) is 3.61. The van der Waals surface area contributed by atoms with Crippen LogP contribution in [0, 0.1) is 6.92 Å². The number of hydrogen-bond donors (Lipinski definition) is 2. The summed E-state index contributed by atoms with van der Waals surface area (Å²) in [4.78, 5) is 20.2. The first kappa shape index (κ1) is 14.3. The van der Waals surface area contributed by atoms with Crippen LogP contribution in [0.15, 0.2) is 41.7 Å². The fourth-order valence-electron chi connectivity index (χ4n) is 1.52. The van der Waals surface area contributed by atoms with E-state index in [0.717, 1.165) is 10.7 Å². The first-order chi connectivity index (χ1) is 9.54. The lowest BCUT2D eigenvalue weighted by Crippen LogP contribution is -2.22. The summed E-state index contributed by atoms with van der Waals surface area (Å²) in [5.74, 6) is 0.0545. The highest BCUT2D eigenvalue weighted by molar-refractivity contribution is 8.00. The highest BCUT2D eigenvalue weighted by Crippen LogP contribution is 2.22. The van der Waals surface area contributed by atoms with Gasteiger partial charge in [-0.3, -0.25) is 4.79 Å². The van der Waals surface area contributed by atoms with Crippen molar-refractivity contribution in [1.82, 2.24) is 9.97 Å². The number of carbonyl (C=O) groups is 1. The lowest BCUT2D eigenvalue weighted by molar-refractivity contribution is -0.115. The zero-order valence-corrected chi connectivity index (χ0v) is 12.0. The van der Waals surface area contributed by atoms with Gasteiger partial charge in [-0.2, -0.15) is 0 Å². The first-order valence-corrected chi connectivity index (χ1v) is 6.98. The SMILES string of the molecule is Cc1cc(S[C@@H](C)C(=O)Nc2ccc(O)cc2)ncn1. The highest BCUT2D eigenvalue weighted by Gasteiger charge is 2.15. The first-order valence-electron chi connectivity index (χ1n) is 6.10. The molecule has 20 heavy (non-hydrogen) atoms. The van der Waals surface area contributed by atoms with Gasteiger partial charge in [-0.1, -0.05) is 11.8 Å². The number of aryl methyl sites for hydroxylation is 1. The van der Waals surface area contributed by atoms with Crippen molar-refractivity contribution in [2.24, 2.45) is 0 Å². The molecule has 1 amide bonds. The fourth-order valence-corrected chi connectivity index (χ4v) is 2.39. The Kier molecular flexibility index (Phi) is 4.57. The molecule has 0 aliphatic carbocycles. The zero-order chi connectivity index (χ0) is 14.5. The smallest absolute Gasteiger partial charge is 0.237 e. The predicted molar refractivity (Wildman–Crippen MR) is 78.8 cm³/mol. The summed E-state index contributed by atoms with van der Waals surface area (Å²) in [6.45, 7) is 3.70. The number of phenols is 1. The molecule has 5 nitrogen and oxygen atoms in total. The van der Waals surface area contributed by atoms with Gasteiger partial charge in [0.2, 0.25) is 5.91 Å². The summed E-state index contributed by atoms with van der Waals surface area (Å²) in [7, 11) is 0. The lowest BCUT2D eigenvalue weighted by Gasteiger charge is -2.11. The summed E-state index contributed by atoms with van der Waals surface area (Å²) < 4.78 is 0. The number of nitrogens with zero attached hydrogens (tertiary/aromatic N) is 2. The van der Waals surface area contributed by atoms with E-state index >= 15 is 0 Å². The molecule has 0 fully saturated rings. The fraction of sp³-hybridized carbons (Fsp3) is 0.214. The minimum absolute atomic E-state index is 0.114. The van der Waals surface area contributed by atoms with E-state index in [-0.39, 0.29) is 16.9 Å². The number of rotatable bonds is 4. The van der Waals surface area contributed by atoms with Crippen LogP contribution >= 0.6 is 11.8 Å². The Balaban J connectivity index is 1.96. The van der Waals surface area contributed by atoms with E-state index in [0.29, 0.717) is 5.69 Å². The number of aromatic hydroxyl groups is 1. The molecule has 2 N–H and O–H groups in total. The molecule has 2 aromatic rings. The molecular weight excluding hydrogens is 274 g/mol. The molecule has 0 aliphatic heterocycles. The van der Waals surface area contributed by atoms with E-state index in [1.54, 1.807) is 12.1 Å². The molecule has 1 aromatic carbocycles. The maximum Gasteiger partial charge on any atom is 0.237 e. The number of benzene rings is 1. The van der Waals surface area contributed by atoms with Crippen LogP contribution in [0.2, 0.25) is 0 Å². The van der Waals surface area contributed by atoms with Crippen LogP contribution in [0.5, 0.6) is 5.75 Å². The second-order valence-electron chi connectivity index (χ2n) is 4.29. The van der Waals surface area contributed by atoms with E-state index in [2.05, 4.69) is 15.3 Å². The van der Waals surface area contributed by atoms with Gasteiger partial charge in [0.25, 0.3) is 0 Å². The molecule has 2 rings (SSSR count). The van der Waals surface area contributed by atoms with E-state index < -0.39 is 0 Å². The van der Waals surface area contributed by atoms with Gasteiger partial charge in [-0.25, -0.2) is 9.97 Å². The Morgan fingerprint density at radius 3 is 2.65 bits per heavy atom.